The third kappa shape index (κ3) is 2.35. The molecule has 1 aromatic rings. The van der Waals surface area contributed by atoms with Crippen LogP contribution in [0.15, 0.2) is 24.3 Å². The normalized spacial score (nSPS) is 12.9. The fourth-order valence-corrected chi connectivity index (χ4v) is 1.30. The van der Waals surface area contributed by atoms with Crippen molar-refractivity contribution in [1.82, 2.24) is 0 Å². The van der Waals surface area contributed by atoms with Gasteiger partial charge in [-0.05, 0) is 18.9 Å². The van der Waals surface area contributed by atoms with Gasteiger partial charge >= 0.3 is 0 Å². The number of aryl methyl sites for hydroxylation is 1. The van der Waals surface area contributed by atoms with E-state index in [4.69, 9.17) is 0 Å². The van der Waals surface area contributed by atoms with Crippen LogP contribution in [0.1, 0.15) is 37.0 Å². The SMILES string of the molecule is CCCC([O])c1cccc(C)c1. The molecule has 0 aliphatic heterocycles. The molecule has 1 radical (unpaired) electrons. The first-order valence-corrected chi connectivity index (χ1v) is 4.46. The fourth-order valence-electron chi connectivity index (χ4n) is 1.30. The summed E-state index contributed by atoms with van der Waals surface area (Å²) in [5, 5.41) is 11.5. The van der Waals surface area contributed by atoms with Crippen molar-refractivity contribution in [2.45, 2.75) is 32.8 Å². The van der Waals surface area contributed by atoms with E-state index in [0.717, 1.165) is 18.4 Å². The van der Waals surface area contributed by atoms with E-state index in [-0.39, 0.29) is 0 Å². The number of hydrogen-bond donors (Lipinski definition) is 0. The monoisotopic (exact) mass is 163 g/mol. The van der Waals surface area contributed by atoms with Crippen LogP contribution in [0.3, 0.4) is 0 Å². The molecule has 1 unspecified atom stereocenters. The first kappa shape index (κ1) is 9.27. The number of rotatable bonds is 3. The van der Waals surface area contributed by atoms with Crippen LogP contribution in [-0.2, 0) is 5.11 Å². The van der Waals surface area contributed by atoms with E-state index in [2.05, 4.69) is 0 Å². The van der Waals surface area contributed by atoms with Gasteiger partial charge in [-0.15, -0.1) is 0 Å². The minimum Gasteiger partial charge on any atom is -0.228 e. The first-order chi connectivity index (χ1) is 5.74. The van der Waals surface area contributed by atoms with Gasteiger partial charge in [0.05, 0.1) is 0 Å². The average Bonchev–Trinajstić information content (AvgIpc) is 2.05. The van der Waals surface area contributed by atoms with Gasteiger partial charge in [0, 0.05) is 0 Å². The zero-order valence-corrected chi connectivity index (χ0v) is 7.71. The van der Waals surface area contributed by atoms with Crippen molar-refractivity contribution >= 4 is 0 Å². The highest BCUT2D eigenvalue weighted by molar-refractivity contribution is 5.23. The van der Waals surface area contributed by atoms with Crippen LogP contribution in [0.25, 0.3) is 0 Å². The predicted octanol–water partition coefficient (Wildman–Crippen LogP) is 3.27. The van der Waals surface area contributed by atoms with Crippen molar-refractivity contribution in [1.29, 1.82) is 0 Å². The molecule has 1 atom stereocenters. The summed E-state index contributed by atoms with van der Waals surface area (Å²) in [6.45, 7) is 4.06. The lowest BCUT2D eigenvalue weighted by Crippen LogP contribution is -1.94. The van der Waals surface area contributed by atoms with Crippen LogP contribution in [0.2, 0.25) is 0 Å². The highest BCUT2D eigenvalue weighted by Gasteiger charge is 2.06. The molecule has 0 aliphatic rings. The Morgan fingerprint density at radius 2 is 2.17 bits per heavy atom. The van der Waals surface area contributed by atoms with Crippen LogP contribution < -0.4 is 0 Å². The quantitative estimate of drug-likeness (QED) is 0.651. The van der Waals surface area contributed by atoms with Crippen molar-refractivity contribution in [2.24, 2.45) is 0 Å². The van der Waals surface area contributed by atoms with Gasteiger partial charge in [0.15, 0.2) is 0 Å². The Morgan fingerprint density at radius 3 is 2.75 bits per heavy atom. The van der Waals surface area contributed by atoms with E-state index in [1.54, 1.807) is 0 Å². The van der Waals surface area contributed by atoms with Crippen LogP contribution in [-0.4, -0.2) is 0 Å². The first-order valence-electron chi connectivity index (χ1n) is 4.46. The summed E-state index contributed by atoms with van der Waals surface area (Å²) in [4.78, 5) is 0. The van der Waals surface area contributed by atoms with Gasteiger partial charge in [0.25, 0.3) is 0 Å². The molecule has 0 bridgehead atoms. The van der Waals surface area contributed by atoms with Gasteiger partial charge in [0.1, 0.15) is 6.10 Å². The highest BCUT2D eigenvalue weighted by Crippen LogP contribution is 2.19. The van der Waals surface area contributed by atoms with E-state index in [1.807, 2.05) is 38.1 Å². The molecule has 1 heteroatoms. The third-order valence-corrected chi connectivity index (χ3v) is 1.96. The Balaban J connectivity index is 2.73. The van der Waals surface area contributed by atoms with Gasteiger partial charge in [-0.3, -0.25) is 0 Å². The molecule has 0 aliphatic carbocycles. The van der Waals surface area contributed by atoms with E-state index < -0.39 is 6.10 Å². The minimum atomic E-state index is -0.533. The Morgan fingerprint density at radius 1 is 1.42 bits per heavy atom. The van der Waals surface area contributed by atoms with Crippen molar-refractivity contribution in [3.05, 3.63) is 35.4 Å². The molecule has 65 valence electrons. The Hall–Kier alpha value is -0.820. The lowest BCUT2D eigenvalue weighted by molar-refractivity contribution is 0.0805. The van der Waals surface area contributed by atoms with E-state index in [9.17, 15) is 5.11 Å². The van der Waals surface area contributed by atoms with Gasteiger partial charge in [-0.2, -0.15) is 0 Å². The number of benzene rings is 1. The summed E-state index contributed by atoms with van der Waals surface area (Å²) in [5.41, 5.74) is 2.10. The average molecular weight is 163 g/mol. The van der Waals surface area contributed by atoms with Crippen LogP contribution in [0, 0.1) is 6.92 Å². The van der Waals surface area contributed by atoms with Crippen LogP contribution in [0.4, 0.5) is 0 Å². The number of hydrogen-bond acceptors (Lipinski definition) is 0. The van der Waals surface area contributed by atoms with Crippen molar-refractivity contribution in [3.8, 4) is 0 Å². The molecule has 1 rings (SSSR count). The summed E-state index contributed by atoms with van der Waals surface area (Å²) in [7, 11) is 0. The van der Waals surface area contributed by atoms with Crippen molar-refractivity contribution < 1.29 is 5.11 Å². The second-order valence-corrected chi connectivity index (χ2v) is 3.19. The molecular weight excluding hydrogens is 148 g/mol. The maximum Gasteiger partial charge on any atom is 0.118 e. The molecule has 0 amide bonds. The maximum absolute atomic E-state index is 11.5. The Bertz CT molecular complexity index is 243. The van der Waals surface area contributed by atoms with Crippen LogP contribution in [0.5, 0.6) is 0 Å². The zero-order chi connectivity index (χ0) is 8.97. The van der Waals surface area contributed by atoms with Gasteiger partial charge in [0.2, 0.25) is 0 Å². The summed E-state index contributed by atoms with van der Waals surface area (Å²) in [5.74, 6) is 0. The molecule has 12 heavy (non-hydrogen) atoms. The van der Waals surface area contributed by atoms with Crippen molar-refractivity contribution in [3.63, 3.8) is 0 Å². The van der Waals surface area contributed by atoms with E-state index in [0.29, 0.717) is 0 Å². The lowest BCUT2D eigenvalue weighted by Gasteiger charge is -2.07. The largest absolute Gasteiger partial charge is 0.228 e. The van der Waals surface area contributed by atoms with Crippen molar-refractivity contribution in [2.75, 3.05) is 0 Å². The van der Waals surface area contributed by atoms with Gasteiger partial charge < -0.3 is 0 Å². The fraction of sp³-hybridized carbons (Fsp3) is 0.455. The van der Waals surface area contributed by atoms with E-state index in [1.165, 1.54) is 5.56 Å². The van der Waals surface area contributed by atoms with Crippen LogP contribution >= 0.6 is 0 Å². The summed E-state index contributed by atoms with van der Waals surface area (Å²) >= 11 is 0. The molecule has 0 fully saturated rings. The second-order valence-electron chi connectivity index (χ2n) is 3.19. The third-order valence-electron chi connectivity index (χ3n) is 1.96. The molecule has 1 aromatic carbocycles. The van der Waals surface area contributed by atoms with E-state index >= 15 is 0 Å². The molecule has 0 N–H and O–H groups in total. The maximum atomic E-state index is 11.5. The minimum absolute atomic E-state index is 0.533. The molecular formula is C11H15O. The topological polar surface area (TPSA) is 19.9 Å². The molecule has 0 aromatic heterocycles. The van der Waals surface area contributed by atoms with Gasteiger partial charge in [-0.25, -0.2) is 5.11 Å². The molecule has 0 saturated heterocycles. The Kier molecular flexibility index (Phi) is 3.30. The summed E-state index contributed by atoms with van der Waals surface area (Å²) in [6.07, 6.45) is 1.17. The standard InChI is InChI=1S/C11H15O/c1-3-5-11(12)10-7-4-6-9(2)8-10/h4,6-8,11H,3,5H2,1-2H3. The zero-order valence-electron chi connectivity index (χ0n) is 7.71. The Labute approximate surface area is 74.1 Å². The second kappa shape index (κ2) is 4.27. The molecule has 0 heterocycles. The highest BCUT2D eigenvalue weighted by atomic mass is 16.3. The summed E-state index contributed by atoms with van der Waals surface area (Å²) < 4.78 is 0. The van der Waals surface area contributed by atoms with Gasteiger partial charge in [-0.1, -0.05) is 43.2 Å². The lowest BCUT2D eigenvalue weighted by atomic mass is 10.0. The smallest absolute Gasteiger partial charge is 0.118 e. The molecule has 1 nitrogen and oxygen atoms in total. The molecule has 0 saturated carbocycles. The predicted molar refractivity (Wildman–Crippen MR) is 49.5 cm³/mol. The summed E-state index contributed by atoms with van der Waals surface area (Å²) in [6, 6.07) is 7.86. The molecule has 0 spiro atoms.